The standard InChI is InChI=1S/C14H21N3O2/c1-11(2)10-17(12(3)18)8-7-16-14(19)13-5-4-6-15-9-13/h4-6,9,11H,7-8,10H2,1-3H3,(H,16,19). The first-order valence-electron chi connectivity index (χ1n) is 6.44. The summed E-state index contributed by atoms with van der Waals surface area (Å²) >= 11 is 0. The van der Waals surface area contributed by atoms with Gasteiger partial charge < -0.3 is 10.2 Å². The zero-order chi connectivity index (χ0) is 14.3. The molecule has 0 atom stereocenters. The molecule has 0 radical (unpaired) electrons. The van der Waals surface area contributed by atoms with E-state index in [1.54, 1.807) is 30.2 Å². The third kappa shape index (κ3) is 5.50. The highest BCUT2D eigenvalue weighted by atomic mass is 16.2. The van der Waals surface area contributed by atoms with Crippen LogP contribution in [0.1, 0.15) is 31.1 Å². The molecular formula is C14H21N3O2. The molecule has 0 saturated heterocycles. The summed E-state index contributed by atoms with van der Waals surface area (Å²) in [5.41, 5.74) is 0.528. The lowest BCUT2D eigenvalue weighted by atomic mass is 10.2. The number of aromatic nitrogens is 1. The molecular weight excluding hydrogens is 242 g/mol. The Morgan fingerprint density at radius 1 is 1.42 bits per heavy atom. The van der Waals surface area contributed by atoms with Gasteiger partial charge in [0.1, 0.15) is 0 Å². The van der Waals surface area contributed by atoms with Gasteiger partial charge in [0.15, 0.2) is 0 Å². The molecule has 0 saturated carbocycles. The Hall–Kier alpha value is -1.91. The fourth-order valence-electron chi connectivity index (χ4n) is 1.72. The van der Waals surface area contributed by atoms with Crippen molar-refractivity contribution < 1.29 is 9.59 Å². The summed E-state index contributed by atoms with van der Waals surface area (Å²) in [6.07, 6.45) is 3.14. The van der Waals surface area contributed by atoms with E-state index in [1.807, 2.05) is 0 Å². The van der Waals surface area contributed by atoms with Gasteiger partial charge in [-0.1, -0.05) is 13.8 Å². The molecule has 1 heterocycles. The Labute approximate surface area is 114 Å². The molecule has 1 rings (SSSR count). The van der Waals surface area contributed by atoms with Crippen LogP contribution in [0, 0.1) is 5.92 Å². The lowest BCUT2D eigenvalue weighted by Crippen LogP contribution is -2.39. The smallest absolute Gasteiger partial charge is 0.252 e. The Morgan fingerprint density at radius 2 is 2.16 bits per heavy atom. The van der Waals surface area contributed by atoms with E-state index >= 15 is 0 Å². The topological polar surface area (TPSA) is 62.3 Å². The lowest BCUT2D eigenvalue weighted by Gasteiger charge is -2.23. The van der Waals surface area contributed by atoms with Crippen molar-refractivity contribution in [3.05, 3.63) is 30.1 Å². The molecule has 0 aromatic carbocycles. The lowest BCUT2D eigenvalue weighted by molar-refractivity contribution is -0.129. The zero-order valence-electron chi connectivity index (χ0n) is 11.7. The first kappa shape index (κ1) is 15.1. The molecule has 2 amide bonds. The minimum atomic E-state index is -0.166. The van der Waals surface area contributed by atoms with E-state index in [9.17, 15) is 9.59 Å². The number of nitrogens with one attached hydrogen (secondary N) is 1. The van der Waals surface area contributed by atoms with Crippen molar-refractivity contribution in [3.63, 3.8) is 0 Å². The van der Waals surface area contributed by atoms with Crippen molar-refractivity contribution in [2.75, 3.05) is 19.6 Å². The van der Waals surface area contributed by atoms with Crippen LogP contribution in [0.5, 0.6) is 0 Å². The Morgan fingerprint density at radius 3 is 2.68 bits per heavy atom. The number of hydrogen-bond donors (Lipinski definition) is 1. The molecule has 1 aromatic rings. The monoisotopic (exact) mass is 263 g/mol. The number of nitrogens with zero attached hydrogens (tertiary/aromatic N) is 2. The number of hydrogen-bond acceptors (Lipinski definition) is 3. The molecule has 0 unspecified atom stereocenters. The Kier molecular flexibility index (Phi) is 5.99. The van der Waals surface area contributed by atoms with Gasteiger partial charge in [0.05, 0.1) is 5.56 Å². The van der Waals surface area contributed by atoms with Crippen LogP contribution in [0.2, 0.25) is 0 Å². The molecule has 104 valence electrons. The van der Waals surface area contributed by atoms with E-state index in [1.165, 1.54) is 6.20 Å². The maximum absolute atomic E-state index is 11.8. The number of carbonyl (C=O) groups is 2. The van der Waals surface area contributed by atoms with E-state index in [2.05, 4.69) is 24.1 Å². The molecule has 0 aliphatic heterocycles. The second kappa shape index (κ2) is 7.51. The van der Waals surface area contributed by atoms with E-state index in [0.29, 0.717) is 31.1 Å². The highest BCUT2D eigenvalue weighted by Gasteiger charge is 2.11. The molecule has 5 nitrogen and oxygen atoms in total. The first-order valence-corrected chi connectivity index (χ1v) is 6.44. The third-order valence-corrected chi connectivity index (χ3v) is 2.62. The predicted molar refractivity (Wildman–Crippen MR) is 73.7 cm³/mol. The molecule has 0 spiro atoms. The van der Waals surface area contributed by atoms with Gasteiger partial charge in [-0.2, -0.15) is 0 Å². The van der Waals surface area contributed by atoms with Crippen LogP contribution in [-0.4, -0.2) is 41.3 Å². The second-order valence-corrected chi connectivity index (χ2v) is 4.86. The van der Waals surface area contributed by atoms with Gasteiger partial charge in [-0.25, -0.2) is 0 Å². The maximum Gasteiger partial charge on any atom is 0.252 e. The fraction of sp³-hybridized carbons (Fsp3) is 0.500. The van der Waals surface area contributed by atoms with Crippen LogP contribution in [-0.2, 0) is 4.79 Å². The van der Waals surface area contributed by atoms with Gasteiger partial charge in [0, 0.05) is 39.0 Å². The average molecular weight is 263 g/mol. The van der Waals surface area contributed by atoms with Crippen molar-refractivity contribution in [3.8, 4) is 0 Å². The van der Waals surface area contributed by atoms with Crippen LogP contribution in [0.3, 0.4) is 0 Å². The summed E-state index contributed by atoms with van der Waals surface area (Å²) in [7, 11) is 0. The summed E-state index contributed by atoms with van der Waals surface area (Å²) < 4.78 is 0. The molecule has 5 heteroatoms. The highest BCUT2D eigenvalue weighted by molar-refractivity contribution is 5.93. The Balaban J connectivity index is 2.40. The minimum Gasteiger partial charge on any atom is -0.350 e. The third-order valence-electron chi connectivity index (χ3n) is 2.62. The molecule has 1 aromatic heterocycles. The van der Waals surface area contributed by atoms with Crippen LogP contribution < -0.4 is 5.32 Å². The summed E-state index contributed by atoms with van der Waals surface area (Å²) in [5, 5.41) is 2.78. The van der Waals surface area contributed by atoms with Crippen molar-refractivity contribution in [1.29, 1.82) is 0 Å². The normalized spacial score (nSPS) is 10.3. The Bertz CT molecular complexity index is 418. The van der Waals surface area contributed by atoms with E-state index in [4.69, 9.17) is 0 Å². The minimum absolute atomic E-state index is 0.0318. The van der Waals surface area contributed by atoms with E-state index < -0.39 is 0 Å². The number of amides is 2. The number of pyridine rings is 1. The quantitative estimate of drug-likeness (QED) is 0.842. The average Bonchev–Trinajstić information content (AvgIpc) is 2.37. The van der Waals surface area contributed by atoms with Gasteiger partial charge >= 0.3 is 0 Å². The van der Waals surface area contributed by atoms with Gasteiger partial charge in [-0.05, 0) is 18.1 Å². The van der Waals surface area contributed by atoms with Crippen LogP contribution in [0.4, 0.5) is 0 Å². The van der Waals surface area contributed by atoms with Gasteiger partial charge in [-0.3, -0.25) is 14.6 Å². The fourth-order valence-corrected chi connectivity index (χ4v) is 1.72. The van der Waals surface area contributed by atoms with Crippen molar-refractivity contribution in [2.45, 2.75) is 20.8 Å². The van der Waals surface area contributed by atoms with Crippen molar-refractivity contribution >= 4 is 11.8 Å². The SMILES string of the molecule is CC(=O)N(CCNC(=O)c1cccnc1)CC(C)C. The predicted octanol–water partition coefficient (Wildman–Crippen LogP) is 1.32. The van der Waals surface area contributed by atoms with Gasteiger partial charge in [-0.15, -0.1) is 0 Å². The molecule has 19 heavy (non-hydrogen) atoms. The maximum atomic E-state index is 11.8. The van der Waals surface area contributed by atoms with Crippen LogP contribution in [0.15, 0.2) is 24.5 Å². The number of carbonyl (C=O) groups excluding carboxylic acids is 2. The summed E-state index contributed by atoms with van der Waals surface area (Å²) in [5.74, 6) is 0.281. The van der Waals surface area contributed by atoms with E-state index in [-0.39, 0.29) is 11.8 Å². The van der Waals surface area contributed by atoms with E-state index in [0.717, 1.165) is 0 Å². The van der Waals surface area contributed by atoms with Crippen LogP contribution >= 0.6 is 0 Å². The summed E-state index contributed by atoms with van der Waals surface area (Å²) in [4.78, 5) is 28.8. The molecule has 1 N–H and O–H groups in total. The van der Waals surface area contributed by atoms with Crippen molar-refractivity contribution in [2.24, 2.45) is 5.92 Å². The molecule has 0 aliphatic carbocycles. The van der Waals surface area contributed by atoms with Crippen LogP contribution in [0.25, 0.3) is 0 Å². The molecule has 0 fully saturated rings. The first-order chi connectivity index (χ1) is 9.00. The zero-order valence-corrected chi connectivity index (χ0v) is 11.7. The second-order valence-electron chi connectivity index (χ2n) is 4.86. The summed E-state index contributed by atoms with van der Waals surface area (Å²) in [6.45, 7) is 7.34. The molecule has 0 bridgehead atoms. The van der Waals surface area contributed by atoms with Gasteiger partial charge in [0.25, 0.3) is 5.91 Å². The largest absolute Gasteiger partial charge is 0.350 e. The number of rotatable bonds is 6. The summed E-state index contributed by atoms with van der Waals surface area (Å²) in [6, 6.07) is 3.43. The highest BCUT2D eigenvalue weighted by Crippen LogP contribution is 1.99. The van der Waals surface area contributed by atoms with Gasteiger partial charge in [0.2, 0.25) is 5.91 Å². The van der Waals surface area contributed by atoms with Crippen molar-refractivity contribution in [1.82, 2.24) is 15.2 Å². The molecule has 0 aliphatic rings.